The van der Waals surface area contributed by atoms with Crippen molar-refractivity contribution < 1.29 is 8.42 Å². The lowest BCUT2D eigenvalue weighted by Gasteiger charge is -2.16. The lowest BCUT2D eigenvalue weighted by atomic mass is 10.5. The number of H-pyrrole nitrogens is 1. The quantitative estimate of drug-likeness (QED) is 0.840. The Morgan fingerprint density at radius 1 is 1.37 bits per heavy atom. The number of rotatable bonds is 5. The van der Waals surface area contributed by atoms with Gasteiger partial charge in [-0.2, -0.15) is 4.31 Å². The molecule has 0 aliphatic heterocycles. The monoisotopic (exact) mass is 281 g/mol. The molecule has 0 aromatic carbocycles. The van der Waals surface area contributed by atoms with Crippen LogP contribution >= 0.6 is 0 Å². The van der Waals surface area contributed by atoms with E-state index in [2.05, 4.69) is 20.3 Å². The zero-order valence-corrected chi connectivity index (χ0v) is 11.5. The van der Waals surface area contributed by atoms with Crippen molar-refractivity contribution in [3.05, 3.63) is 36.5 Å². The van der Waals surface area contributed by atoms with Gasteiger partial charge in [-0.05, 0) is 6.07 Å². The molecular weight excluding hydrogens is 266 g/mol. The molecule has 102 valence electrons. The van der Waals surface area contributed by atoms with Crippen LogP contribution in [0.2, 0.25) is 0 Å². The fraction of sp³-hybridized carbons (Fsp3) is 0.273. The summed E-state index contributed by atoms with van der Waals surface area (Å²) in [5.74, 6) is 1.10. The summed E-state index contributed by atoms with van der Waals surface area (Å²) < 4.78 is 25.9. The Balaban J connectivity index is 2.25. The summed E-state index contributed by atoms with van der Waals surface area (Å²) in [6.07, 6.45) is 4.70. The van der Waals surface area contributed by atoms with E-state index in [0.29, 0.717) is 11.6 Å². The van der Waals surface area contributed by atoms with Crippen molar-refractivity contribution in [1.82, 2.24) is 19.3 Å². The first kappa shape index (κ1) is 13.5. The van der Waals surface area contributed by atoms with Gasteiger partial charge in [-0.3, -0.25) is 0 Å². The third kappa shape index (κ3) is 2.91. The zero-order valence-electron chi connectivity index (χ0n) is 10.7. The Labute approximate surface area is 111 Å². The van der Waals surface area contributed by atoms with E-state index in [-0.39, 0.29) is 11.4 Å². The summed E-state index contributed by atoms with van der Waals surface area (Å²) in [7, 11) is -0.357. The largest absolute Gasteiger partial charge is 0.373 e. The number of hydrogen-bond acceptors (Lipinski definition) is 5. The molecule has 19 heavy (non-hydrogen) atoms. The molecule has 0 aliphatic carbocycles. The molecule has 0 unspecified atom stereocenters. The second-order valence-electron chi connectivity index (χ2n) is 3.92. The summed E-state index contributed by atoms with van der Waals surface area (Å²) in [4.78, 5) is 11.1. The van der Waals surface area contributed by atoms with E-state index in [1.807, 2.05) is 0 Å². The number of nitrogens with zero attached hydrogens (tertiary/aromatic N) is 3. The van der Waals surface area contributed by atoms with Gasteiger partial charge in [-0.15, -0.1) is 0 Å². The number of anilines is 1. The Morgan fingerprint density at radius 2 is 2.16 bits per heavy atom. The molecule has 2 aromatic heterocycles. The van der Waals surface area contributed by atoms with Crippen LogP contribution in [0, 0.1) is 0 Å². The summed E-state index contributed by atoms with van der Waals surface area (Å²) >= 11 is 0. The van der Waals surface area contributed by atoms with Gasteiger partial charge in [0.25, 0.3) is 0 Å². The van der Waals surface area contributed by atoms with Crippen LogP contribution in [0.4, 0.5) is 5.82 Å². The Hall–Kier alpha value is -1.93. The van der Waals surface area contributed by atoms with Crippen molar-refractivity contribution in [2.75, 3.05) is 19.4 Å². The van der Waals surface area contributed by atoms with Gasteiger partial charge in [0.1, 0.15) is 11.6 Å². The minimum atomic E-state index is -3.55. The molecule has 2 heterocycles. The van der Waals surface area contributed by atoms with Gasteiger partial charge in [0.2, 0.25) is 10.0 Å². The van der Waals surface area contributed by atoms with Crippen LogP contribution in [0.5, 0.6) is 0 Å². The molecule has 2 N–H and O–H groups in total. The maximum atomic E-state index is 12.4. The van der Waals surface area contributed by atoms with Gasteiger partial charge in [0, 0.05) is 38.8 Å². The molecule has 0 bridgehead atoms. The summed E-state index contributed by atoms with van der Waals surface area (Å²) in [5, 5.41) is 2.81. The van der Waals surface area contributed by atoms with Gasteiger partial charge in [-0.25, -0.2) is 18.4 Å². The van der Waals surface area contributed by atoms with Crippen LogP contribution in [0.25, 0.3) is 0 Å². The molecule has 0 fully saturated rings. The molecule has 0 radical (unpaired) electrons. The standard InChI is InChI=1S/C11H15N5O2S/c1-12-10-7-9(3-4-13-10)19(17,18)16(2)8-11-14-5-6-15-11/h3-7H,8H2,1-2H3,(H,12,13)(H,14,15). The second kappa shape index (κ2) is 5.37. The van der Waals surface area contributed by atoms with E-state index in [0.717, 1.165) is 0 Å². The first-order valence-corrected chi connectivity index (χ1v) is 7.06. The summed E-state index contributed by atoms with van der Waals surface area (Å²) in [6.45, 7) is 0.187. The zero-order chi connectivity index (χ0) is 13.9. The predicted octanol–water partition coefficient (Wildman–Crippen LogP) is 0.667. The molecule has 0 spiro atoms. The van der Waals surface area contributed by atoms with Crippen molar-refractivity contribution in [2.45, 2.75) is 11.4 Å². The highest BCUT2D eigenvalue weighted by molar-refractivity contribution is 7.89. The number of aromatic amines is 1. The SMILES string of the molecule is CNc1cc(S(=O)(=O)N(C)Cc2ncc[nH]2)ccn1. The average Bonchev–Trinajstić information content (AvgIpc) is 2.91. The first-order chi connectivity index (χ1) is 9.04. The molecule has 7 nitrogen and oxygen atoms in total. The Morgan fingerprint density at radius 3 is 2.79 bits per heavy atom. The maximum Gasteiger partial charge on any atom is 0.243 e. The topological polar surface area (TPSA) is 91.0 Å². The number of nitrogens with one attached hydrogen (secondary N) is 2. The van der Waals surface area contributed by atoms with Gasteiger partial charge < -0.3 is 10.3 Å². The molecule has 2 rings (SSSR count). The highest BCUT2D eigenvalue weighted by Crippen LogP contribution is 2.17. The number of pyridine rings is 1. The smallest absolute Gasteiger partial charge is 0.243 e. The van der Waals surface area contributed by atoms with E-state index in [9.17, 15) is 8.42 Å². The van der Waals surface area contributed by atoms with Crippen LogP contribution in [-0.2, 0) is 16.6 Å². The van der Waals surface area contributed by atoms with Crippen molar-refractivity contribution in [3.8, 4) is 0 Å². The number of imidazole rings is 1. The summed E-state index contributed by atoms with van der Waals surface area (Å²) in [5.41, 5.74) is 0. The Bertz CT molecular complexity index is 639. The molecule has 0 saturated carbocycles. The van der Waals surface area contributed by atoms with Crippen LogP contribution in [0.15, 0.2) is 35.6 Å². The van der Waals surface area contributed by atoms with Crippen molar-refractivity contribution >= 4 is 15.8 Å². The lowest BCUT2D eigenvalue weighted by molar-refractivity contribution is 0.458. The minimum Gasteiger partial charge on any atom is -0.373 e. The van der Waals surface area contributed by atoms with Crippen molar-refractivity contribution in [1.29, 1.82) is 0 Å². The molecule has 0 atom stereocenters. The fourth-order valence-corrected chi connectivity index (χ4v) is 2.71. The van der Waals surface area contributed by atoms with Crippen LogP contribution in [-0.4, -0.2) is 41.8 Å². The minimum absolute atomic E-state index is 0.187. The molecule has 8 heteroatoms. The normalized spacial score (nSPS) is 11.7. The van der Waals surface area contributed by atoms with E-state index < -0.39 is 10.0 Å². The number of hydrogen-bond donors (Lipinski definition) is 2. The summed E-state index contributed by atoms with van der Waals surface area (Å²) in [6, 6.07) is 2.96. The molecular formula is C11H15N5O2S. The van der Waals surface area contributed by atoms with E-state index in [1.165, 1.54) is 29.7 Å². The Kier molecular flexibility index (Phi) is 3.82. The van der Waals surface area contributed by atoms with Gasteiger partial charge in [0.05, 0.1) is 11.4 Å². The molecule has 0 saturated heterocycles. The van der Waals surface area contributed by atoms with Crippen LogP contribution in [0.3, 0.4) is 0 Å². The van der Waals surface area contributed by atoms with Crippen LogP contribution in [0.1, 0.15) is 5.82 Å². The van der Waals surface area contributed by atoms with Crippen molar-refractivity contribution in [3.63, 3.8) is 0 Å². The third-order valence-corrected chi connectivity index (χ3v) is 4.42. The number of sulfonamides is 1. The fourth-order valence-electron chi connectivity index (χ4n) is 1.57. The van der Waals surface area contributed by atoms with Gasteiger partial charge in [-0.1, -0.05) is 0 Å². The van der Waals surface area contributed by atoms with Gasteiger partial charge >= 0.3 is 0 Å². The van der Waals surface area contributed by atoms with Crippen LogP contribution < -0.4 is 5.32 Å². The average molecular weight is 281 g/mol. The van der Waals surface area contributed by atoms with E-state index in [1.54, 1.807) is 19.4 Å². The van der Waals surface area contributed by atoms with E-state index >= 15 is 0 Å². The first-order valence-electron chi connectivity index (χ1n) is 5.62. The highest BCUT2D eigenvalue weighted by atomic mass is 32.2. The molecule has 0 aliphatic rings. The van der Waals surface area contributed by atoms with E-state index in [4.69, 9.17) is 0 Å². The second-order valence-corrected chi connectivity index (χ2v) is 5.97. The highest BCUT2D eigenvalue weighted by Gasteiger charge is 2.22. The van der Waals surface area contributed by atoms with Crippen molar-refractivity contribution in [2.24, 2.45) is 0 Å². The third-order valence-electron chi connectivity index (χ3n) is 2.62. The number of aromatic nitrogens is 3. The predicted molar refractivity (Wildman–Crippen MR) is 71.0 cm³/mol. The maximum absolute atomic E-state index is 12.4. The lowest BCUT2D eigenvalue weighted by Crippen LogP contribution is -2.27. The van der Waals surface area contributed by atoms with Gasteiger partial charge in [0.15, 0.2) is 0 Å². The molecule has 0 amide bonds. The molecule has 2 aromatic rings.